The Bertz CT molecular complexity index is 1780. The Morgan fingerprint density at radius 1 is 1.16 bits per heavy atom. The summed E-state index contributed by atoms with van der Waals surface area (Å²) in [4.78, 5) is 27.3. The molecule has 1 unspecified atom stereocenters. The molecule has 2 aromatic carbocycles. The Kier molecular flexibility index (Phi) is 8.92. The molecule has 2 aliphatic rings. The van der Waals surface area contributed by atoms with Gasteiger partial charge < -0.3 is 11.1 Å². The van der Waals surface area contributed by atoms with Gasteiger partial charge in [-0.25, -0.2) is 17.9 Å². The van der Waals surface area contributed by atoms with Gasteiger partial charge in [0.2, 0.25) is 21.1 Å². The Balaban J connectivity index is 1.27. The fourth-order valence-corrected chi connectivity index (χ4v) is 7.24. The van der Waals surface area contributed by atoms with E-state index in [0.717, 1.165) is 5.56 Å². The van der Waals surface area contributed by atoms with Crippen molar-refractivity contribution in [3.05, 3.63) is 88.1 Å². The predicted octanol–water partition coefficient (Wildman–Crippen LogP) is 3.08. The number of nitriles is 1. The van der Waals surface area contributed by atoms with E-state index in [0.29, 0.717) is 58.5 Å². The van der Waals surface area contributed by atoms with Crippen molar-refractivity contribution < 1.29 is 22.4 Å². The molecule has 0 fully saturated rings. The molecule has 0 radical (unpaired) electrons. The fraction of sp³-hybridized carbons (Fsp3) is 0.250. The van der Waals surface area contributed by atoms with E-state index < -0.39 is 21.8 Å². The van der Waals surface area contributed by atoms with Gasteiger partial charge in [0.05, 0.1) is 28.2 Å². The number of halogens is 1. The third kappa shape index (κ3) is 6.62. The number of carbonyl (C=O) groups is 2. The maximum atomic E-state index is 13.6. The van der Waals surface area contributed by atoms with Crippen LogP contribution in [0.25, 0.3) is 0 Å². The number of primary sulfonamides is 1. The van der Waals surface area contributed by atoms with E-state index in [-0.39, 0.29) is 33.7 Å². The maximum Gasteiger partial charge on any atom is 0.238 e. The van der Waals surface area contributed by atoms with Gasteiger partial charge in [0, 0.05) is 24.2 Å². The largest absolute Gasteiger partial charge is 0.384 e. The first-order chi connectivity index (χ1) is 20.6. The average Bonchev–Trinajstić information content (AvgIpc) is 3.44. The van der Waals surface area contributed by atoms with Crippen LogP contribution in [0.3, 0.4) is 0 Å². The summed E-state index contributed by atoms with van der Waals surface area (Å²) < 4.78 is 36.9. The summed E-state index contributed by atoms with van der Waals surface area (Å²) in [7, 11) is -3.76. The highest BCUT2D eigenvalue weighted by atomic mass is 32.2. The van der Waals surface area contributed by atoms with Crippen molar-refractivity contribution in [2.75, 3.05) is 17.2 Å². The second-order valence-electron chi connectivity index (χ2n) is 9.80. The number of sulfonamides is 1. The Hall–Kier alpha value is -4.10. The van der Waals surface area contributed by atoms with Gasteiger partial charge in [-0.3, -0.25) is 14.5 Å². The lowest BCUT2D eigenvalue weighted by Gasteiger charge is -2.38. The van der Waals surface area contributed by atoms with E-state index in [9.17, 15) is 27.7 Å². The molecule has 0 bridgehead atoms. The molecule has 43 heavy (non-hydrogen) atoms. The van der Waals surface area contributed by atoms with Crippen LogP contribution in [-0.2, 0) is 26.0 Å². The summed E-state index contributed by atoms with van der Waals surface area (Å²) in [5.41, 5.74) is 9.24. The molecule has 0 saturated carbocycles. The van der Waals surface area contributed by atoms with E-state index in [1.807, 2.05) is 0 Å². The molecular weight excluding hydrogens is 614 g/mol. The van der Waals surface area contributed by atoms with Crippen LogP contribution in [0.4, 0.5) is 9.52 Å². The molecule has 1 atom stereocenters. The molecule has 0 spiro atoms. The molecule has 222 valence electrons. The zero-order chi connectivity index (χ0) is 30.7. The first kappa shape index (κ1) is 30.4. The fourth-order valence-electron chi connectivity index (χ4n) is 5.02. The van der Waals surface area contributed by atoms with Crippen molar-refractivity contribution in [1.82, 2.24) is 15.5 Å². The lowest BCUT2D eigenvalue weighted by Crippen LogP contribution is -2.38. The van der Waals surface area contributed by atoms with Crippen molar-refractivity contribution in [2.45, 2.75) is 40.8 Å². The van der Waals surface area contributed by atoms with Crippen molar-refractivity contribution in [2.24, 2.45) is 10.9 Å². The number of thioether (sulfide) groups is 1. The summed E-state index contributed by atoms with van der Waals surface area (Å²) in [6.45, 7) is 0.349. The third-order valence-electron chi connectivity index (χ3n) is 7.02. The molecule has 1 aliphatic carbocycles. The molecular formula is C28H26FN7O4S3. The molecule has 5 rings (SSSR count). The average molecular weight is 640 g/mol. The predicted molar refractivity (Wildman–Crippen MR) is 159 cm³/mol. The standard InChI is InChI=1S/C28H26FN7O4S3/c29-18-8-6-17(7-9-18)24-20(14-30)26(31)36(21-2-1-3-22(37)25(21)24)27-34-35-28(42-27)41-15-23(38)33-13-12-16-4-10-19(11-5-16)43(32,39)40/h4-11,24H,1-3,12-13,15,31H2,(H,33,38)(H2,32,39,40). The number of carbonyl (C=O) groups excluding carboxylic acids is 2. The Morgan fingerprint density at radius 2 is 1.88 bits per heavy atom. The number of nitrogens with zero attached hydrogens (tertiary/aromatic N) is 4. The minimum atomic E-state index is -3.76. The second kappa shape index (κ2) is 12.6. The van der Waals surface area contributed by atoms with Gasteiger partial charge in [-0.2, -0.15) is 5.26 Å². The number of rotatable bonds is 9. The number of anilines is 1. The quantitative estimate of drug-likeness (QED) is 0.294. The number of aromatic nitrogens is 2. The molecule has 15 heteroatoms. The summed E-state index contributed by atoms with van der Waals surface area (Å²) in [5, 5.41) is 26.8. The van der Waals surface area contributed by atoms with Crippen molar-refractivity contribution in [1.29, 1.82) is 5.26 Å². The highest BCUT2D eigenvalue weighted by Gasteiger charge is 2.41. The molecule has 3 aromatic rings. The summed E-state index contributed by atoms with van der Waals surface area (Å²) in [6, 6.07) is 14.0. The SMILES string of the molecule is N#CC1=C(N)N(c2nnc(SCC(=O)NCCc3ccc(S(N)(=O)=O)cc3)s2)C2=C(C(=O)CCC2)C1c1ccc(F)cc1. The zero-order valence-electron chi connectivity index (χ0n) is 22.6. The van der Waals surface area contributed by atoms with Crippen LogP contribution >= 0.6 is 23.1 Å². The van der Waals surface area contributed by atoms with Crippen LogP contribution in [0.1, 0.15) is 36.3 Å². The van der Waals surface area contributed by atoms with Gasteiger partial charge >= 0.3 is 0 Å². The zero-order valence-corrected chi connectivity index (χ0v) is 25.1. The number of ketones is 1. The van der Waals surface area contributed by atoms with Crippen molar-refractivity contribution >= 4 is 49.9 Å². The summed E-state index contributed by atoms with van der Waals surface area (Å²) in [5.74, 6) is -1.25. The number of hydrogen-bond acceptors (Lipinski definition) is 11. The number of nitrogens with two attached hydrogens (primary N) is 2. The lowest BCUT2D eigenvalue weighted by molar-refractivity contribution is -0.118. The smallest absolute Gasteiger partial charge is 0.238 e. The Labute approximate surface area is 255 Å². The van der Waals surface area contributed by atoms with Crippen LogP contribution in [-0.4, -0.2) is 42.6 Å². The molecule has 0 saturated heterocycles. The number of allylic oxidation sites excluding steroid dienone is 3. The van der Waals surface area contributed by atoms with Crippen LogP contribution in [0.5, 0.6) is 0 Å². The van der Waals surface area contributed by atoms with Crippen LogP contribution in [0.2, 0.25) is 0 Å². The normalized spacial score (nSPS) is 17.1. The highest BCUT2D eigenvalue weighted by Crippen LogP contribution is 2.47. The summed E-state index contributed by atoms with van der Waals surface area (Å²) in [6.07, 6.45) is 1.97. The van der Waals surface area contributed by atoms with Gasteiger partial charge in [-0.05, 0) is 54.7 Å². The van der Waals surface area contributed by atoms with E-state index >= 15 is 0 Å². The number of benzene rings is 2. The van der Waals surface area contributed by atoms with Gasteiger partial charge in [0.15, 0.2) is 10.1 Å². The minimum absolute atomic E-state index is 0.0223. The third-order valence-corrected chi connectivity index (χ3v) is 9.99. The van der Waals surface area contributed by atoms with E-state index in [4.69, 9.17) is 10.9 Å². The second-order valence-corrected chi connectivity index (χ2v) is 13.5. The number of nitrogens with one attached hydrogen (secondary N) is 1. The molecule has 5 N–H and O–H groups in total. The monoisotopic (exact) mass is 639 g/mol. The van der Waals surface area contributed by atoms with Gasteiger partial charge in [-0.15, -0.1) is 10.2 Å². The van der Waals surface area contributed by atoms with Crippen LogP contribution < -0.4 is 21.1 Å². The van der Waals surface area contributed by atoms with E-state index in [1.54, 1.807) is 29.2 Å². The van der Waals surface area contributed by atoms with E-state index in [1.165, 1.54) is 47.4 Å². The lowest BCUT2D eigenvalue weighted by atomic mass is 9.76. The van der Waals surface area contributed by atoms with Gasteiger partial charge in [0.25, 0.3) is 0 Å². The van der Waals surface area contributed by atoms with Crippen molar-refractivity contribution in [3.8, 4) is 6.07 Å². The molecule has 2 heterocycles. The van der Waals surface area contributed by atoms with Crippen LogP contribution in [0, 0.1) is 17.1 Å². The number of hydrogen-bond donors (Lipinski definition) is 3. The van der Waals surface area contributed by atoms with Crippen LogP contribution in [0.15, 0.2) is 80.4 Å². The summed E-state index contributed by atoms with van der Waals surface area (Å²) >= 11 is 2.37. The topological polar surface area (TPSA) is 185 Å². The molecule has 1 amide bonds. The minimum Gasteiger partial charge on any atom is -0.384 e. The number of amides is 1. The van der Waals surface area contributed by atoms with Crippen molar-refractivity contribution in [3.63, 3.8) is 0 Å². The first-order valence-corrected chi connectivity index (χ1v) is 16.5. The highest BCUT2D eigenvalue weighted by molar-refractivity contribution is 8.01. The molecule has 11 nitrogen and oxygen atoms in total. The Morgan fingerprint density at radius 3 is 2.56 bits per heavy atom. The van der Waals surface area contributed by atoms with Gasteiger partial charge in [-0.1, -0.05) is 47.4 Å². The molecule has 1 aliphatic heterocycles. The van der Waals surface area contributed by atoms with E-state index in [2.05, 4.69) is 21.6 Å². The first-order valence-electron chi connectivity index (χ1n) is 13.1. The number of Topliss-reactive ketones (excluding diaryl/α,β-unsaturated/α-hetero) is 1. The molecule has 1 aromatic heterocycles. The van der Waals surface area contributed by atoms with Gasteiger partial charge in [0.1, 0.15) is 11.6 Å². The maximum absolute atomic E-state index is 13.6.